The highest BCUT2D eigenvalue weighted by Gasteiger charge is 2.36. The molecule has 2 nitrogen and oxygen atoms in total. The standard InChI is InChI=1S/C12H12F3NO/c1-2-8(7-16)11(17)9-5-3-4-6-10(9)12(13,14)15/h3-6,8,11,17H,2H2,1H3. The number of benzene rings is 1. The summed E-state index contributed by atoms with van der Waals surface area (Å²) in [7, 11) is 0. The van der Waals surface area contributed by atoms with Crippen LogP contribution in [0.2, 0.25) is 0 Å². The second-order valence-electron chi connectivity index (χ2n) is 3.67. The van der Waals surface area contributed by atoms with Crippen LogP contribution in [0.1, 0.15) is 30.6 Å². The average molecular weight is 243 g/mol. The summed E-state index contributed by atoms with van der Waals surface area (Å²) in [6.07, 6.45) is -5.64. The van der Waals surface area contributed by atoms with E-state index in [1.807, 2.05) is 6.07 Å². The maximum absolute atomic E-state index is 12.7. The zero-order valence-corrected chi connectivity index (χ0v) is 9.20. The Balaban J connectivity index is 3.19. The van der Waals surface area contributed by atoms with Crippen molar-refractivity contribution in [2.24, 2.45) is 5.92 Å². The summed E-state index contributed by atoms with van der Waals surface area (Å²) in [6, 6.07) is 6.59. The smallest absolute Gasteiger partial charge is 0.387 e. The summed E-state index contributed by atoms with van der Waals surface area (Å²) >= 11 is 0. The molecule has 0 amide bonds. The molecule has 0 heterocycles. The molecule has 0 aromatic heterocycles. The number of aliphatic hydroxyl groups is 1. The fourth-order valence-electron chi connectivity index (χ4n) is 1.61. The maximum atomic E-state index is 12.7. The fourth-order valence-corrected chi connectivity index (χ4v) is 1.61. The molecule has 17 heavy (non-hydrogen) atoms. The summed E-state index contributed by atoms with van der Waals surface area (Å²) in [5.74, 6) is -0.835. The normalized spacial score (nSPS) is 15.1. The Hall–Kier alpha value is -1.54. The molecule has 0 aliphatic rings. The monoisotopic (exact) mass is 243 g/mol. The zero-order valence-electron chi connectivity index (χ0n) is 9.20. The Labute approximate surface area is 97.3 Å². The van der Waals surface area contributed by atoms with Crippen LogP contribution in [0.5, 0.6) is 0 Å². The van der Waals surface area contributed by atoms with Gasteiger partial charge in [-0.2, -0.15) is 18.4 Å². The van der Waals surface area contributed by atoms with E-state index in [1.165, 1.54) is 18.2 Å². The van der Waals surface area contributed by atoms with Gasteiger partial charge in [-0.25, -0.2) is 0 Å². The zero-order chi connectivity index (χ0) is 13.1. The third-order valence-electron chi connectivity index (χ3n) is 2.57. The first-order valence-corrected chi connectivity index (χ1v) is 5.15. The SMILES string of the molecule is CCC(C#N)C(O)c1ccccc1C(F)(F)F. The predicted molar refractivity (Wildman–Crippen MR) is 55.8 cm³/mol. The van der Waals surface area contributed by atoms with Crippen molar-refractivity contribution in [3.8, 4) is 6.07 Å². The van der Waals surface area contributed by atoms with Crippen molar-refractivity contribution < 1.29 is 18.3 Å². The van der Waals surface area contributed by atoms with Crippen molar-refractivity contribution in [2.45, 2.75) is 25.6 Å². The molecule has 1 N–H and O–H groups in total. The summed E-state index contributed by atoms with van der Waals surface area (Å²) in [4.78, 5) is 0. The first-order valence-electron chi connectivity index (χ1n) is 5.15. The Morgan fingerprint density at radius 2 is 1.94 bits per heavy atom. The van der Waals surface area contributed by atoms with Crippen LogP contribution < -0.4 is 0 Å². The molecule has 5 heteroatoms. The van der Waals surface area contributed by atoms with Gasteiger partial charge in [0.05, 0.1) is 23.7 Å². The van der Waals surface area contributed by atoms with Gasteiger partial charge >= 0.3 is 6.18 Å². The summed E-state index contributed by atoms with van der Waals surface area (Å²) < 4.78 is 38.1. The van der Waals surface area contributed by atoms with Crippen LogP contribution in [0, 0.1) is 17.2 Å². The molecule has 1 aromatic rings. The summed E-state index contributed by atoms with van der Waals surface area (Å²) in [5, 5.41) is 18.6. The molecule has 1 rings (SSSR count). The lowest BCUT2D eigenvalue weighted by molar-refractivity contribution is -0.139. The van der Waals surface area contributed by atoms with Crippen LogP contribution in [-0.2, 0) is 6.18 Å². The first kappa shape index (κ1) is 13.5. The van der Waals surface area contributed by atoms with Gasteiger partial charge in [0.1, 0.15) is 0 Å². The quantitative estimate of drug-likeness (QED) is 0.885. The number of alkyl halides is 3. The van der Waals surface area contributed by atoms with E-state index in [0.29, 0.717) is 6.42 Å². The van der Waals surface area contributed by atoms with Crippen LogP contribution in [0.3, 0.4) is 0 Å². The molecule has 0 bridgehead atoms. The van der Waals surface area contributed by atoms with E-state index < -0.39 is 23.8 Å². The van der Waals surface area contributed by atoms with E-state index in [-0.39, 0.29) is 5.56 Å². The fraction of sp³-hybridized carbons (Fsp3) is 0.417. The third kappa shape index (κ3) is 2.98. The van der Waals surface area contributed by atoms with E-state index in [0.717, 1.165) is 6.07 Å². The second-order valence-corrected chi connectivity index (χ2v) is 3.67. The van der Waals surface area contributed by atoms with Crippen molar-refractivity contribution in [3.05, 3.63) is 35.4 Å². The molecule has 92 valence electrons. The van der Waals surface area contributed by atoms with E-state index in [1.54, 1.807) is 6.92 Å². The first-order chi connectivity index (χ1) is 7.91. The second kappa shape index (κ2) is 5.19. The molecule has 0 fully saturated rings. The topological polar surface area (TPSA) is 44.0 Å². The minimum Gasteiger partial charge on any atom is -0.387 e. The van der Waals surface area contributed by atoms with Crippen molar-refractivity contribution >= 4 is 0 Å². The molecule has 0 saturated carbocycles. The van der Waals surface area contributed by atoms with Crippen LogP contribution >= 0.6 is 0 Å². The molecule has 0 saturated heterocycles. The van der Waals surface area contributed by atoms with Gasteiger partial charge in [0.15, 0.2) is 0 Å². The molecule has 0 aliphatic heterocycles. The highest BCUT2D eigenvalue weighted by Crippen LogP contribution is 2.36. The predicted octanol–water partition coefficient (Wildman–Crippen LogP) is 3.29. The highest BCUT2D eigenvalue weighted by molar-refractivity contribution is 5.32. The Morgan fingerprint density at radius 1 is 1.35 bits per heavy atom. The van der Waals surface area contributed by atoms with Gasteiger partial charge in [0.25, 0.3) is 0 Å². The number of hydrogen-bond acceptors (Lipinski definition) is 2. The van der Waals surface area contributed by atoms with E-state index in [2.05, 4.69) is 0 Å². The van der Waals surface area contributed by atoms with E-state index in [9.17, 15) is 18.3 Å². The van der Waals surface area contributed by atoms with Crippen LogP contribution in [-0.4, -0.2) is 5.11 Å². The van der Waals surface area contributed by atoms with E-state index in [4.69, 9.17) is 5.26 Å². The van der Waals surface area contributed by atoms with E-state index >= 15 is 0 Å². The lowest BCUT2D eigenvalue weighted by atomic mass is 9.91. The molecular formula is C12H12F3NO. The Bertz CT molecular complexity index is 422. The number of aliphatic hydroxyl groups excluding tert-OH is 1. The largest absolute Gasteiger partial charge is 0.416 e. The van der Waals surface area contributed by atoms with Gasteiger partial charge in [-0.15, -0.1) is 0 Å². The minimum absolute atomic E-state index is 0.242. The number of halogens is 3. The Kier molecular flexibility index (Phi) is 4.13. The summed E-state index contributed by atoms with van der Waals surface area (Å²) in [5.41, 5.74) is -1.13. The van der Waals surface area contributed by atoms with Crippen molar-refractivity contribution in [2.75, 3.05) is 0 Å². The summed E-state index contributed by atoms with van der Waals surface area (Å²) in [6.45, 7) is 1.65. The van der Waals surface area contributed by atoms with Crippen LogP contribution in [0.4, 0.5) is 13.2 Å². The molecule has 0 spiro atoms. The number of rotatable bonds is 3. The van der Waals surface area contributed by atoms with Crippen molar-refractivity contribution in [1.29, 1.82) is 5.26 Å². The minimum atomic E-state index is -4.52. The van der Waals surface area contributed by atoms with Gasteiger partial charge in [0.2, 0.25) is 0 Å². The molecule has 0 radical (unpaired) electrons. The van der Waals surface area contributed by atoms with Gasteiger partial charge in [-0.3, -0.25) is 0 Å². The molecule has 0 aliphatic carbocycles. The molecule has 1 aromatic carbocycles. The van der Waals surface area contributed by atoms with Gasteiger partial charge in [0, 0.05) is 0 Å². The molecule has 2 unspecified atom stereocenters. The Morgan fingerprint density at radius 3 is 2.41 bits per heavy atom. The lowest BCUT2D eigenvalue weighted by Crippen LogP contribution is -2.16. The molecular weight excluding hydrogens is 231 g/mol. The van der Waals surface area contributed by atoms with Gasteiger partial charge in [-0.05, 0) is 18.1 Å². The maximum Gasteiger partial charge on any atom is 0.416 e. The number of nitrogens with zero attached hydrogens (tertiary/aromatic N) is 1. The van der Waals surface area contributed by atoms with Crippen LogP contribution in [0.15, 0.2) is 24.3 Å². The third-order valence-corrected chi connectivity index (χ3v) is 2.57. The number of nitriles is 1. The van der Waals surface area contributed by atoms with Gasteiger partial charge < -0.3 is 5.11 Å². The highest BCUT2D eigenvalue weighted by atomic mass is 19.4. The van der Waals surface area contributed by atoms with Crippen LogP contribution in [0.25, 0.3) is 0 Å². The van der Waals surface area contributed by atoms with Gasteiger partial charge in [-0.1, -0.05) is 25.1 Å². The van der Waals surface area contributed by atoms with Crippen molar-refractivity contribution in [1.82, 2.24) is 0 Å². The van der Waals surface area contributed by atoms with Crippen molar-refractivity contribution in [3.63, 3.8) is 0 Å². The lowest BCUT2D eigenvalue weighted by Gasteiger charge is -2.20. The number of hydrogen-bond donors (Lipinski definition) is 1. The average Bonchev–Trinajstić information content (AvgIpc) is 2.29. The molecule has 2 atom stereocenters.